The number of nitrogens with zero attached hydrogens (tertiary/aromatic N) is 1. The summed E-state index contributed by atoms with van der Waals surface area (Å²) in [6.07, 6.45) is -4.47. The van der Waals surface area contributed by atoms with E-state index in [0.29, 0.717) is 13.0 Å². The zero-order valence-corrected chi connectivity index (χ0v) is 13.2. The van der Waals surface area contributed by atoms with Crippen LogP contribution in [0.1, 0.15) is 18.9 Å². The lowest BCUT2D eigenvalue weighted by Crippen LogP contribution is -2.35. The number of amides is 1. The van der Waals surface area contributed by atoms with Gasteiger partial charge in [-0.05, 0) is 25.5 Å². The largest absolute Gasteiger partial charge is 0.417 e. The maximum Gasteiger partial charge on any atom is 0.417 e. The third-order valence-corrected chi connectivity index (χ3v) is 5.61. The molecule has 0 saturated carbocycles. The highest BCUT2D eigenvalue weighted by Gasteiger charge is 2.41. The second-order valence-electron chi connectivity index (χ2n) is 5.24. The van der Waals surface area contributed by atoms with Crippen molar-refractivity contribution in [3.05, 3.63) is 29.8 Å². The predicted octanol–water partition coefficient (Wildman–Crippen LogP) is 1.85. The van der Waals surface area contributed by atoms with Gasteiger partial charge in [0.2, 0.25) is 15.9 Å². The standard InChI is InChI=1S/C14H17F3N2O3S/c1-2-18-13(20)10-7-8-19(9-10)23(21,22)12-6-4-3-5-11(12)14(15,16)17/h3-6,10H,2,7-9H2,1H3,(H,18,20). The molecule has 0 bridgehead atoms. The summed E-state index contributed by atoms with van der Waals surface area (Å²) in [5, 5.41) is 2.59. The van der Waals surface area contributed by atoms with E-state index in [-0.39, 0.29) is 19.0 Å². The van der Waals surface area contributed by atoms with Crippen molar-refractivity contribution >= 4 is 15.9 Å². The van der Waals surface area contributed by atoms with Gasteiger partial charge in [0, 0.05) is 19.6 Å². The SMILES string of the molecule is CCNC(=O)C1CCN(S(=O)(=O)c2ccccc2C(F)(F)F)C1. The third-order valence-electron chi connectivity index (χ3n) is 3.68. The fourth-order valence-electron chi connectivity index (χ4n) is 2.54. The normalized spacial score (nSPS) is 19.7. The minimum Gasteiger partial charge on any atom is -0.356 e. The molecule has 1 N–H and O–H groups in total. The van der Waals surface area contributed by atoms with Gasteiger partial charge in [-0.15, -0.1) is 0 Å². The van der Waals surface area contributed by atoms with E-state index in [1.807, 2.05) is 0 Å². The van der Waals surface area contributed by atoms with Crippen molar-refractivity contribution in [3.63, 3.8) is 0 Å². The van der Waals surface area contributed by atoms with Gasteiger partial charge in [0.15, 0.2) is 0 Å². The highest BCUT2D eigenvalue weighted by Crippen LogP contribution is 2.36. The summed E-state index contributed by atoms with van der Waals surface area (Å²) in [6, 6.07) is 4.07. The Kier molecular flexibility index (Phi) is 5.00. The van der Waals surface area contributed by atoms with Crippen LogP contribution in [0.3, 0.4) is 0 Å². The van der Waals surface area contributed by atoms with E-state index in [0.717, 1.165) is 22.5 Å². The number of nitrogens with one attached hydrogen (secondary N) is 1. The van der Waals surface area contributed by atoms with Gasteiger partial charge >= 0.3 is 6.18 Å². The molecule has 1 aromatic rings. The van der Waals surface area contributed by atoms with E-state index < -0.39 is 32.6 Å². The van der Waals surface area contributed by atoms with E-state index in [9.17, 15) is 26.4 Å². The maximum absolute atomic E-state index is 13.0. The Morgan fingerprint density at radius 2 is 2.00 bits per heavy atom. The number of rotatable bonds is 4. The molecule has 0 aromatic heterocycles. The summed E-state index contributed by atoms with van der Waals surface area (Å²) in [5.74, 6) is -0.822. The van der Waals surface area contributed by atoms with Crippen molar-refractivity contribution in [2.24, 2.45) is 5.92 Å². The topological polar surface area (TPSA) is 66.5 Å². The molecular weight excluding hydrogens is 333 g/mol. The monoisotopic (exact) mass is 350 g/mol. The van der Waals surface area contributed by atoms with Crippen LogP contribution in [-0.4, -0.2) is 38.3 Å². The molecule has 1 fully saturated rings. The average Bonchev–Trinajstić information content (AvgIpc) is 2.97. The molecule has 2 rings (SSSR count). The number of sulfonamides is 1. The van der Waals surface area contributed by atoms with Crippen LogP contribution in [-0.2, 0) is 21.0 Å². The summed E-state index contributed by atoms with van der Waals surface area (Å²) in [6.45, 7) is 2.07. The molecule has 5 nitrogen and oxygen atoms in total. The van der Waals surface area contributed by atoms with Crippen LogP contribution in [0.4, 0.5) is 13.2 Å². The highest BCUT2D eigenvalue weighted by molar-refractivity contribution is 7.89. The average molecular weight is 350 g/mol. The first kappa shape index (κ1) is 17.7. The van der Waals surface area contributed by atoms with Crippen molar-refractivity contribution in [3.8, 4) is 0 Å². The zero-order valence-electron chi connectivity index (χ0n) is 12.4. The molecule has 1 aliphatic heterocycles. The molecule has 1 aromatic carbocycles. The van der Waals surface area contributed by atoms with Crippen molar-refractivity contribution in [2.75, 3.05) is 19.6 Å². The van der Waals surface area contributed by atoms with Crippen LogP contribution in [0.5, 0.6) is 0 Å². The van der Waals surface area contributed by atoms with Gasteiger partial charge in [0.1, 0.15) is 0 Å². The summed E-state index contributed by atoms with van der Waals surface area (Å²) in [7, 11) is -4.30. The minimum absolute atomic E-state index is 0.0241. The first-order valence-corrected chi connectivity index (χ1v) is 8.56. The number of hydrogen-bond acceptors (Lipinski definition) is 3. The number of hydrogen-bond donors (Lipinski definition) is 1. The number of alkyl halides is 3. The second kappa shape index (κ2) is 6.48. The molecule has 128 valence electrons. The molecule has 0 aliphatic carbocycles. The summed E-state index contributed by atoms with van der Waals surface area (Å²) < 4.78 is 65.1. The van der Waals surface area contributed by atoms with Crippen molar-refractivity contribution in [2.45, 2.75) is 24.4 Å². The van der Waals surface area contributed by atoms with Gasteiger partial charge in [-0.2, -0.15) is 17.5 Å². The van der Waals surface area contributed by atoms with Crippen LogP contribution in [0, 0.1) is 5.92 Å². The Morgan fingerprint density at radius 3 is 2.61 bits per heavy atom. The Labute approximate surface area is 132 Å². The van der Waals surface area contributed by atoms with Crippen LogP contribution >= 0.6 is 0 Å². The first-order chi connectivity index (χ1) is 10.7. The predicted molar refractivity (Wildman–Crippen MR) is 77.0 cm³/mol. The van der Waals surface area contributed by atoms with Gasteiger partial charge in [-0.1, -0.05) is 12.1 Å². The lowest BCUT2D eigenvalue weighted by molar-refractivity contribution is -0.140. The Bertz CT molecular complexity index is 689. The summed E-state index contributed by atoms with van der Waals surface area (Å²) >= 11 is 0. The fraction of sp³-hybridized carbons (Fsp3) is 0.500. The van der Waals surface area contributed by atoms with Crippen LogP contribution in [0.15, 0.2) is 29.2 Å². The number of benzene rings is 1. The quantitative estimate of drug-likeness (QED) is 0.901. The molecule has 1 heterocycles. The minimum atomic E-state index is -4.76. The molecule has 9 heteroatoms. The zero-order chi connectivity index (χ0) is 17.3. The molecule has 23 heavy (non-hydrogen) atoms. The summed E-state index contributed by atoms with van der Waals surface area (Å²) in [4.78, 5) is 11.0. The van der Waals surface area contributed by atoms with E-state index >= 15 is 0 Å². The molecule has 1 aliphatic rings. The van der Waals surface area contributed by atoms with Crippen LogP contribution < -0.4 is 5.32 Å². The maximum atomic E-state index is 13.0. The van der Waals surface area contributed by atoms with Gasteiger partial charge in [-0.3, -0.25) is 4.79 Å². The number of halogens is 3. The third kappa shape index (κ3) is 3.66. The Hall–Kier alpha value is -1.61. The Balaban J connectivity index is 2.29. The van der Waals surface area contributed by atoms with Crippen molar-refractivity contribution < 1.29 is 26.4 Å². The first-order valence-electron chi connectivity index (χ1n) is 7.12. The van der Waals surface area contributed by atoms with Crippen molar-refractivity contribution in [1.82, 2.24) is 9.62 Å². The van der Waals surface area contributed by atoms with E-state index in [1.54, 1.807) is 6.92 Å². The fourth-order valence-corrected chi connectivity index (χ4v) is 4.26. The van der Waals surface area contributed by atoms with Crippen LogP contribution in [0.25, 0.3) is 0 Å². The number of carbonyl (C=O) groups is 1. The van der Waals surface area contributed by atoms with E-state index in [1.165, 1.54) is 6.07 Å². The number of carbonyl (C=O) groups excluding carboxylic acids is 1. The molecule has 1 saturated heterocycles. The summed E-state index contributed by atoms with van der Waals surface area (Å²) in [5.41, 5.74) is -1.19. The van der Waals surface area contributed by atoms with E-state index in [4.69, 9.17) is 0 Å². The lowest BCUT2D eigenvalue weighted by Gasteiger charge is -2.19. The van der Waals surface area contributed by atoms with Crippen molar-refractivity contribution in [1.29, 1.82) is 0 Å². The smallest absolute Gasteiger partial charge is 0.356 e. The van der Waals surface area contributed by atoms with Gasteiger partial charge in [0.05, 0.1) is 16.4 Å². The molecule has 0 spiro atoms. The Morgan fingerprint density at radius 1 is 1.35 bits per heavy atom. The molecule has 0 radical (unpaired) electrons. The molecule has 1 unspecified atom stereocenters. The van der Waals surface area contributed by atoms with E-state index in [2.05, 4.69) is 5.32 Å². The van der Waals surface area contributed by atoms with Gasteiger partial charge in [0.25, 0.3) is 0 Å². The molecule has 1 amide bonds. The highest BCUT2D eigenvalue weighted by atomic mass is 32.2. The van der Waals surface area contributed by atoms with Gasteiger partial charge < -0.3 is 5.32 Å². The molecule has 1 atom stereocenters. The second-order valence-corrected chi connectivity index (χ2v) is 7.14. The van der Waals surface area contributed by atoms with Gasteiger partial charge in [-0.25, -0.2) is 8.42 Å². The lowest BCUT2D eigenvalue weighted by atomic mass is 10.1. The molecular formula is C14H17F3N2O3S. The van der Waals surface area contributed by atoms with Crippen LogP contribution in [0.2, 0.25) is 0 Å².